The molecule has 1 amide bonds. The lowest BCUT2D eigenvalue weighted by Gasteiger charge is -2.20. The van der Waals surface area contributed by atoms with Gasteiger partial charge < -0.3 is 20.3 Å². The monoisotopic (exact) mass is 295 g/mol. The van der Waals surface area contributed by atoms with E-state index in [1.165, 1.54) is 0 Å². The summed E-state index contributed by atoms with van der Waals surface area (Å²) >= 11 is 0. The van der Waals surface area contributed by atoms with E-state index in [9.17, 15) is 14.7 Å². The highest BCUT2D eigenvalue weighted by Gasteiger charge is 2.18. The van der Waals surface area contributed by atoms with E-state index in [0.717, 1.165) is 5.56 Å². The van der Waals surface area contributed by atoms with E-state index in [0.29, 0.717) is 5.56 Å². The van der Waals surface area contributed by atoms with Gasteiger partial charge in [0.15, 0.2) is 6.10 Å². The number of nitrogens with one attached hydrogen (secondary N) is 1. The van der Waals surface area contributed by atoms with Crippen molar-refractivity contribution in [2.75, 3.05) is 0 Å². The van der Waals surface area contributed by atoms with Crippen LogP contribution in [0.1, 0.15) is 31.9 Å². The van der Waals surface area contributed by atoms with Crippen LogP contribution in [0.15, 0.2) is 24.3 Å². The molecule has 1 atom stereocenters. The maximum Gasteiger partial charge on any atom is 0.407 e. The molecular formula is C15H21NO5. The Morgan fingerprint density at radius 2 is 1.81 bits per heavy atom. The summed E-state index contributed by atoms with van der Waals surface area (Å²) in [7, 11) is 0. The van der Waals surface area contributed by atoms with Gasteiger partial charge >= 0.3 is 12.1 Å². The third-order valence-electron chi connectivity index (χ3n) is 2.64. The van der Waals surface area contributed by atoms with Gasteiger partial charge in [-0.3, -0.25) is 0 Å². The van der Waals surface area contributed by atoms with Gasteiger partial charge in [-0.1, -0.05) is 24.3 Å². The number of amides is 1. The van der Waals surface area contributed by atoms with Crippen molar-refractivity contribution in [2.45, 2.75) is 45.4 Å². The summed E-state index contributed by atoms with van der Waals surface area (Å²) in [6, 6.07) is 7.02. The van der Waals surface area contributed by atoms with Crippen LogP contribution in [0.5, 0.6) is 0 Å². The molecule has 3 N–H and O–H groups in total. The Bertz CT molecular complexity index is 507. The molecule has 0 bridgehead atoms. The minimum atomic E-state index is -1.47. The van der Waals surface area contributed by atoms with Gasteiger partial charge in [0, 0.05) is 13.0 Å². The highest BCUT2D eigenvalue weighted by Crippen LogP contribution is 2.12. The molecule has 1 rings (SSSR count). The molecule has 0 fully saturated rings. The van der Waals surface area contributed by atoms with E-state index >= 15 is 0 Å². The van der Waals surface area contributed by atoms with Crippen LogP contribution in [0.2, 0.25) is 0 Å². The maximum absolute atomic E-state index is 11.6. The molecule has 6 heteroatoms. The molecule has 0 heterocycles. The Hall–Kier alpha value is -2.08. The van der Waals surface area contributed by atoms with Crippen LogP contribution in [-0.4, -0.2) is 34.0 Å². The van der Waals surface area contributed by atoms with Crippen molar-refractivity contribution in [1.29, 1.82) is 0 Å². The summed E-state index contributed by atoms with van der Waals surface area (Å²) in [4.78, 5) is 22.3. The second-order valence-electron chi connectivity index (χ2n) is 5.68. The van der Waals surface area contributed by atoms with Gasteiger partial charge in [-0.2, -0.15) is 0 Å². The first-order valence-corrected chi connectivity index (χ1v) is 6.63. The first-order chi connectivity index (χ1) is 9.69. The van der Waals surface area contributed by atoms with Gasteiger partial charge in [0.05, 0.1) is 0 Å². The van der Waals surface area contributed by atoms with E-state index < -0.39 is 23.8 Å². The Morgan fingerprint density at radius 1 is 1.24 bits per heavy atom. The molecule has 0 aliphatic heterocycles. The van der Waals surface area contributed by atoms with Crippen molar-refractivity contribution in [3.63, 3.8) is 0 Å². The standard InChI is InChI=1S/C15H21NO5/c1-15(2,3)21-14(20)16-9-11-7-5-4-6-10(11)8-12(17)13(18)19/h4-7,12,17H,8-9H2,1-3H3,(H,16,20)(H,18,19)/t12-/m1/s1. The summed E-state index contributed by atoms with van der Waals surface area (Å²) in [5.41, 5.74) is 0.829. The van der Waals surface area contributed by atoms with Crippen molar-refractivity contribution in [2.24, 2.45) is 0 Å². The van der Waals surface area contributed by atoms with Crippen molar-refractivity contribution < 1.29 is 24.5 Å². The molecule has 0 spiro atoms. The lowest BCUT2D eigenvalue weighted by Crippen LogP contribution is -2.32. The predicted octanol–water partition coefficient (Wildman–Crippen LogP) is 1.70. The zero-order chi connectivity index (χ0) is 16.0. The van der Waals surface area contributed by atoms with Crippen LogP contribution in [0, 0.1) is 0 Å². The maximum atomic E-state index is 11.6. The number of carbonyl (C=O) groups excluding carboxylic acids is 1. The van der Waals surface area contributed by atoms with Gasteiger partial charge in [0.25, 0.3) is 0 Å². The number of hydrogen-bond acceptors (Lipinski definition) is 4. The predicted molar refractivity (Wildman–Crippen MR) is 76.9 cm³/mol. The second-order valence-corrected chi connectivity index (χ2v) is 5.68. The number of benzene rings is 1. The van der Waals surface area contributed by atoms with Crippen molar-refractivity contribution in [1.82, 2.24) is 5.32 Å². The zero-order valence-corrected chi connectivity index (χ0v) is 12.4. The first-order valence-electron chi connectivity index (χ1n) is 6.63. The Labute approximate surface area is 123 Å². The highest BCUT2D eigenvalue weighted by atomic mass is 16.6. The van der Waals surface area contributed by atoms with E-state index in [4.69, 9.17) is 9.84 Å². The lowest BCUT2D eigenvalue weighted by molar-refractivity contribution is -0.146. The number of carboxylic acids is 1. The quantitative estimate of drug-likeness (QED) is 0.768. The van der Waals surface area contributed by atoms with Crippen LogP contribution >= 0.6 is 0 Å². The lowest BCUT2D eigenvalue weighted by atomic mass is 10.0. The SMILES string of the molecule is CC(C)(C)OC(=O)NCc1ccccc1C[C@@H](O)C(=O)O. The number of aliphatic carboxylic acids is 1. The average molecular weight is 295 g/mol. The van der Waals surface area contributed by atoms with Gasteiger partial charge in [0.2, 0.25) is 0 Å². The van der Waals surface area contributed by atoms with E-state index in [-0.39, 0.29) is 13.0 Å². The smallest absolute Gasteiger partial charge is 0.407 e. The fraction of sp³-hybridized carbons (Fsp3) is 0.467. The average Bonchev–Trinajstić information content (AvgIpc) is 2.35. The topological polar surface area (TPSA) is 95.9 Å². The molecule has 0 aliphatic rings. The van der Waals surface area contributed by atoms with Crippen molar-refractivity contribution >= 4 is 12.1 Å². The summed E-state index contributed by atoms with van der Waals surface area (Å²) in [5.74, 6) is -1.27. The van der Waals surface area contributed by atoms with E-state index in [2.05, 4.69) is 5.32 Å². The molecule has 0 saturated carbocycles. The minimum absolute atomic E-state index is 0.0124. The fourth-order valence-corrected chi connectivity index (χ4v) is 1.71. The summed E-state index contributed by atoms with van der Waals surface area (Å²) in [6.45, 7) is 5.51. The summed E-state index contributed by atoms with van der Waals surface area (Å²) in [6.07, 6.45) is -2.02. The van der Waals surface area contributed by atoms with Crippen LogP contribution in [0.4, 0.5) is 4.79 Å². The molecule has 0 aliphatic carbocycles. The molecule has 0 aromatic heterocycles. The first kappa shape index (κ1) is 17.0. The molecule has 1 aromatic carbocycles. The van der Waals surface area contributed by atoms with Crippen LogP contribution in [-0.2, 0) is 22.5 Å². The van der Waals surface area contributed by atoms with Crippen molar-refractivity contribution in [3.8, 4) is 0 Å². The van der Waals surface area contributed by atoms with Crippen molar-refractivity contribution in [3.05, 3.63) is 35.4 Å². The molecular weight excluding hydrogens is 274 g/mol. The number of rotatable bonds is 5. The van der Waals surface area contributed by atoms with Gasteiger partial charge in [-0.15, -0.1) is 0 Å². The van der Waals surface area contributed by atoms with Crippen LogP contribution < -0.4 is 5.32 Å². The normalized spacial score (nSPS) is 12.6. The number of carboxylic acid groups (broad SMARTS) is 1. The number of carbonyl (C=O) groups is 2. The number of hydrogen-bond donors (Lipinski definition) is 3. The number of alkyl carbamates (subject to hydrolysis) is 1. The molecule has 116 valence electrons. The van der Waals surface area contributed by atoms with E-state index in [1.54, 1.807) is 45.0 Å². The molecule has 0 radical (unpaired) electrons. The van der Waals surface area contributed by atoms with Gasteiger partial charge in [-0.05, 0) is 31.9 Å². The zero-order valence-electron chi connectivity index (χ0n) is 12.4. The van der Waals surface area contributed by atoms with Gasteiger partial charge in [-0.25, -0.2) is 9.59 Å². The summed E-state index contributed by atoms with van der Waals surface area (Å²) in [5, 5.41) is 20.8. The Balaban J connectivity index is 2.67. The second kappa shape index (κ2) is 7.08. The molecule has 0 unspecified atom stereocenters. The fourth-order valence-electron chi connectivity index (χ4n) is 1.71. The largest absolute Gasteiger partial charge is 0.479 e. The minimum Gasteiger partial charge on any atom is -0.479 e. The Kier molecular flexibility index (Phi) is 5.72. The van der Waals surface area contributed by atoms with E-state index in [1.807, 2.05) is 0 Å². The number of aliphatic hydroxyl groups excluding tert-OH is 1. The third-order valence-corrected chi connectivity index (χ3v) is 2.64. The van der Waals surface area contributed by atoms with Crippen LogP contribution in [0.3, 0.4) is 0 Å². The summed E-state index contributed by atoms with van der Waals surface area (Å²) < 4.78 is 5.13. The Morgan fingerprint density at radius 3 is 2.33 bits per heavy atom. The molecule has 6 nitrogen and oxygen atoms in total. The number of aliphatic hydroxyl groups is 1. The molecule has 0 saturated heterocycles. The molecule has 1 aromatic rings. The third kappa shape index (κ3) is 6.27. The highest BCUT2D eigenvalue weighted by molar-refractivity contribution is 5.72. The number of ether oxygens (including phenoxy) is 1. The molecule has 21 heavy (non-hydrogen) atoms. The van der Waals surface area contributed by atoms with Gasteiger partial charge in [0.1, 0.15) is 5.60 Å². The van der Waals surface area contributed by atoms with Crippen LogP contribution in [0.25, 0.3) is 0 Å².